The number of aryl methyl sites for hydroxylation is 1. The number of carbonyl (C=O) groups excluding carboxylic acids is 1. The lowest BCUT2D eigenvalue weighted by atomic mass is 10.1. The molecule has 1 amide bonds. The highest BCUT2D eigenvalue weighted by Crippen LogP contribution is 2.38. The van der Waals surface area contributed by atoms with Gasteiger partial charge < -0.3 is 15.8 Å². The van der Waals surface area contributed by atoms with Gasteiger partial charge in [0, 0.05) is 5.69 Å². The largest absolute Gasteiger partial charge is 0.488 e. The maximum atomic E-state index is 11.6. The Hall–Kier alpha value is -1.71. The zero-order valence-electron chi connectivity index (χ0n) is 9.76. The van der Waals surface area contributed by atoms with Gasteiger partial charge in [0.25, 0.3) is 0 Å². The Morgan fingerprint density at radius 2 is 2.19 bits per heavy atom. The van der Waals surface area contributed by atoms with E-state index in [1.807, 2.05) is 26.8 Å². The van der Waals surface area contributed by atoms with Crippen molar-refractivity contribution in [3.63, 3.8) is 0 Å². The highest BCUT2D eigenvalue weighted by atomic mass is 16.5. The van der Waals surface area contributed by atoms with E-state index in [1.54, 1.807) is 0 Å². The quantitative estimate of drug-likeness (QED) is 0.657. The predicted octanol–water partition coefficient (Wildman–Crippen LogP) is 2.00. The van der Waals surface area contributed by atoms with Gasteiger partial charge in [-0.05, 0) is 38.0 Å². The van der Waals surface area contributed by atoms with Crippen LogP contribution >= 0.6 is 0 Å². The van der Waals surface area contributed by atoms with E-state index in [1.165, 1.54) is 0 Å². The predicted molar refractivity (Wildman–Crippen MR) is 63.7 cm³/mol. The summed E-state index contributed by atoms with van der Waals surface area (Å²) in [6.07, 6.45) is 0.260. The van der Waals surface area contributed by atoms with Crippen molar-refractivity contribution in [2.75, 3.05) is 11.1 Å². The van der Waals surface area contributed by atoms with Crippen LogP contribution in [0.1, 0.15) is 24.5 Å². The fraction of sp³-hybridized carbons (Fsp3) is 0.417. The topological polar surface area (TPSA) is 64.3 Å². The number of hydrogen-bond donors (Lipinski definition) is 2. The normalized spacial score (nSPS) is 19.4. The molecule has 0 saturated carbocycles. The van der Waals surface area contributed by atoms with Gasteiger partial charge in [-0.2, -0.15) is 0 Å². The number of ether oxygens (including phenoxy) is 1. The summed E-state index contributed by atoms with van der Waals surface area (Å²) in [7, 11) is 0. The summed E-state index contributed by atoms with van der Waals surface area (Å²) in [6, 6.07) is 1.87. The van der Waals surface area contributed by atoms with Gasteiger partial charge in [0.2, 0.25) is 5.91 Å². The molecule has 2 rings (SSSR count). The van der Waals surface area contributed by atoms with Gasteiger partial charge >= 0.3 is 0 Å². The molecule has 1 unspecified atom stereocenters. The second-order valence-electron chi connectivity index (χ2n) is 4.29. The van der Waals surface area contributed by atoms with Crippen LogP contribution < -0.4 is 15.8 Å². The molecule has 0 aliphatic carbocycles. The second kappa shape index (κ2) is 3.70. The molecule has 1 aromatic carbocycles. The van der Waals surface area contributed by atoms with Crippen molar-refractivity contribution in [1.82, 2.24) is 0 Å². The second-order valence-corrected chi connectivity index (χ2v) is 4.29. The standard InChI is InChI=1S/C12H16N2O2/c1-6-4-9(13)8(3)11-12(6)16-7(2)5-10(15)14-11/h4,7H,5,13H2,1-3H3,(H,14,15). The summed E-state index contributed by atoms with van der Waals surface area (Å²) in [5, 5.41) is 2.86. The Labute approximate surface area is 94.8 Å². The average Bonchev–Trinajstić information content (AvgIpc) is 2.33. The van der Waals surface area contributed by atoms with Crippen LogP contribution in [-0.2, 0) is 4.79 Å². The van der Waals surface area contributed by atoms with Crippen molar-refractivity contribution in [3.8, 4) is 5.75 Å². The van der Waals surface area contributed by atoms with E-state index < -0.39 is 0 Å². The molecule has 86 valence electrons. The number of carbonyl (C=O) groups is 1. The Kier molecular flexibility index (Phi) is 2.50. The Balaban J connectivity index is 2.60. The molecule has 1 aliphatic heterocycles. The molecule has 0 aromatic heterocycles. The summed E-state index contributed by atoms with van der Waals surface area (Å²) in [5.74, 6) is 0.712. The molecule has 0 radical (unpaired) electrons. The van der Waals surface area contributed by atoms with Crippen molar-refractivity contribution in [2.45, 2.75) is 33.3 Å². The van der Waals surface area contributed by atoms with Crippen molar-refractivity contribution in [1.29, 1.82) is 0 Å². The van der Waals surface area contributed by atoms with Gasteiger partial charge in [0.05, 0.1) is 12.1 Å². The third-order valence-electron chi connectivity index (χ3n) is 2.82. The third kappa shape index (κ3) is 1.71. The van der Waals surface area contributed by atoms with Gasteiger partial charge in [-0.25, -0.2) is 0 Å². The van der Waals surface area contributed by atoms with E-state index in [4.69, 9.17) is 10.5 Å². The van der Waals surface area contributed by atoms with Crippen LogP contribution in [0.5, 0.6) is 5.75 Å². The number of fused-ring (bicyclic) bond motifs is 1. The monoisotopic (exact) mass is 220 g/mol. The lowest BCUT2D eigenvalue weighted by molar-refractivity contribution is -0.117. The van der Waals surface area contributed by atoms with Gasteiger partial charge in [-0.1, -0.05) is 0 Å². The zero-order valence-corrected chi connectivity index (χ0v) is 9.76. The maximum absolute atomic E-state index is 11.6. The average molecular weight is 220 g/mol. The summed E-state index contributed by atoms with van der Waals surface area (Å²) >= 11 is 0. The molecule has 16 heavy (non-hydrogen) atoms. The van der Waals surface area contributed by atoms with E-state index in [-0.39, 0.29) is 12.0 Å². The first kappa shape index (κ1) is 10.8. The van der Waals surface area contributed by atoms with E-state index in [2.05, 4.69) is 5.32 Å². The Morgan fingerprint density at radius 3 is 2.88 bits per heavy atom. The van der Waals surface area contributed by atoms with E-state index in [9.17, 15) is 4.79 Å². The van der Waals surface area contributed by atoms with Crippen LogP contribution in [0.25, 0.3) is 0 Å². The van der Waals surface area contributed by atoms with Crippen LogP contribution in [0.15, 0.2) is 6.07 Å². The van der Waals surface area contributed by atoms with Gasteiger partial charge in [-0.3, -0.25) is 4.79 Å². The third-order valence-corrected chi connectivity index (χ3v) is 2.82. The summed E-state index contributed by atoms with van der Waals surface area (Å²) < 4.78 is 5.75. The summed E-state index contributed by atoms with van der Waals surface area (Å²) in [5.41, 5.74) is 9.07. The number of amides is 1. The molecule has 1 heterocycles. The molecule has 0 spiro atoms. The Morgan fingerprint density at radius 1 is 1.50 bits per heavy atom. The van der Waals surface area contributed by atoms with E-state index in [0.29, 0.717) is 17.8 Å². The number of nitrogens with two attached hydrogens (primary N) is 1. The zero-order chi connectivity index (χ0) is 11.9. The van der Waals surface area contributed by atoms with Crippen LogP contribution in [0, 0.1) is 13.8 Å². The lowest BCUT2D eigenvalue weighted by Crippen LogP contribution is -2.17. The van der Waals surface area contributed by atoms with Crippen molar-refractivity contribution >= 4 is 17.3 Å². The number of nitrogens with one attached hydrogen (secondary N) is 1. The smallest absolute Gasteiger partial charge is 0.228 e. The summed E-state index contributed by atoms with van der Waals surface area (Å²) in [6.45, 7) is 5.70. The van der Waals surface area contributed by atoms with Crippen LogP contribution in [0.3, 0.4) is 0 Å². The number of benzene rings is 1. The first-order valence-electron chi connectivity index (χ1n) is 5.35. The van der Waals surface area contributed by atoms with Gasteiger partial charge in [0.15, 0.2) is 0 Å². The van der Waals surface area contributed by atoms with Crippen molar-refractivity contribution in [3.05, 3.63) is 17.2 Å². The highest BCUT2D eigenvalue weighted by molar-refractivity contribution is 5.95. The van der Waals surface area contributed by atoms with Crippen molar-refractivity contribution < 1.29 is 9.53 Å². The SMILES string of the molecule is Cc1cc(N)c(C)c2c1OC(C)CC(=O)N2. The minimum absolute atomic E-state index is 0.0284. The van der Waals surface area contributed by atoms with Gasteiger partial charge in [0.1, 0.15) is 11.9 Å². The highest BCUT2D eigenvalue weighted by Gasteiger charge is 2.23. The number of rotatable bonds is 0. The maximum Gasteiger partial charge on any atom is 0.228 e. The Bertz CT molecular complexity index is 455. The first-order valence-corrected chi connectivity index (χ1v) is 5.35. The van der Waals surface area contributed by atoms with Crippen LogP contribution in [0.2, 0.25) is 0 Å². The molecule has 1 aromatic rings. The molecule has 3 N–H and O–H groups in total. The molecule has 0 saturated heterocycles. The van der Waals surface area contributed by atoms with Gasteiger partial charge in [-0.15, -0.1) is 0 Å². The molecule has 4 heteroatoms. The van der Waals surface area contributed by atoms with E-state index in [0.717, 1.165) is 16.9 Å². The van der Waals surface area contributed by atoms with Crippen LogP contribution in [-0.4, -0.2) is 12.0 Å². The first-order chi connectivity index (χ1) is 7.49. The number of nitrogen functional groups attached to an aromatic ring is 1. The van der Waals surface area contributed by atoms with Crippen LogP contribution in [0.4, 0.5) is 11.4 Å². The fourth-order valence-corrected chi connectivity index (χ4v) is 1.92. The summed E-state index contributed by atoms with van der Waals surface area (Å²) in [4.78, 5) is 11.6. The molecular formula is C12H16N2O2. The molecule has 1 aliphatic rings. The molecular weight excluding hydrogens is 204 g/mol. The fourth-order valence-electron chi connectivity index (χ4n) is 1.92. The minimum Gasteiger partial charge on any atom is -0.488 e. The molecule has 0 fully saturated rings. The number of anilines is 2. The molecule has 4 nitrogen and oxygen atoms in total. The molecule has 0 bridgehead atoms. The lowest BCUT2D eigenvalue weighted by Gasteiger charge is -2.16. The van der Waals surface area contributed by atoms with Crippen molar-refractivity contribution in [2.24, 2.45) is 0 Å². The molecule has 1 atom stereocenters. The minimum atomic E-state index is -0.108. The number of hydrogen-bond acceptors (Lipinski definition) is 3. The van der Waals surface area contributed by atoms with E-state index >= 15 is 0 Å².